The Morgan fingerprint density at radius 1 is 0.344 bits per heavy atom. The third kappa shape index (κ3) is 5.70. The van der Waals surface area contributed by atoms with Crippen LogP contribution in [-0.2, 0) is 0 Å². The lowest BCUT2D eigenvalue weighted by atomic mass is 9.91. The number of fused-ring (bicyclic) bond motifs is 8. The van der Waals surface area contributed by atoms with E-state index in [1.165, 1.54) is 10.8 Å². The van der Waals surface area contributed by atoms with Crippen LogP contribution < -0.4 is 0 Å². The predicted octanol–water partition coefficient (Wildman–Crippen LogP) is 15.6. The van der Waals surface area contributed by atoms with E-state index in [1.807, 2.05) is 114 Å². The fraction of sp³-hybridized carbons (Fsp3) is 0. The van der Waals surface area contributed by atoms with E-state index in [0.717, 1.165) is 71.6 Å². The molecule has 13 aromatic rings. The fourth-order valence-corrected chi connectivity index (χ4v) is 9.70. The highest BCUT2D eigenvalue weighted by atomic mass is 15.2. The Morgan fingerprint density at radius 3 is 1.53 bits per heavy atom. The fourth-order valence-electron chi connectivity index (χ4n) is 9.70. The molecule has 0 amide bonds. The average molecular weight is 819 g/mol. The van der Waals surface area contributed by atoms with Crippen LogP contribution in [0, 0.1) is 0 Å². The molecular formula is C60H38N4. The van der Waals surface area contributed by atoms with Gasteiger partial charge in [0.1, 0.15) is 0 Å². The molecule has 0 N–H and O–H groups in total. The number of nitrogens with zero attached hydrogens (tertiary/aromatic N) is 4. The summed E-state index contributed by atoms with van der Waals surface area (Å²) in [4.78, 5) is 10.4. The van der Waals surface area contributed by atoms with Crippen molar-refractivity contribution in [3.63, 3.8) is 0 Å². The Morgan fingerprint density at radius 2 is 0.859 bits per heavy atom. The lowest BCUT2D eigenvalue weighted by molar-refractivity contribution is 1.01. The molecule has 3 aromatic heterocycles. The molecule has 64 heavy (non-hydrogen) atoms. The number of aromatic nitrogens is 4. The second-order valence-corrected chi connectivity index (χ2v) is 16.2. The summed E-state index contributed by atoms with van der Waals surface area (Å²) < 4.78 is 42.9. The zero-order valence-electron chi connectivity index (χ0n) is 38.4. The predicted molar refractivity (Wildman–Crippen MR) is 267 cm³/mol. The molecule has 0 saturated heterocycles. The van der Waals surface area contributed by atoms with Crippen molar-refractivity contribution < 1.29 is 5.48 Å². The van der Waals surface area contributed by atoms with Crippen LogP contribution in [0.25, 0.3) is 122 Å². The van der Waals surface area contributed by atoms with Gasteiger partial charge in [0, 0.05) is 38.2 Å². The van der Waals surface area contributed by atoms with Crippen LogP contribution in [0.2, 0.25) is 0 Å². The Labute approximate surface area is 375 Å². The molecule has 298 valence electrons. The van der Waals surface area contributed by atoms with Gasteiger partial charge in [-0.2, -0.15) is 0 Å². The standard InChI is InChI=1S/C60H38N4/c1-3-15-39(16-4-1)46-24-13-17-41-18-14-25-47(58(41)46)40-29-31-42(32-30-40)59-50-23-7-10-26-53(50)61-60(62-59)64-55-28-12-9-22-49(55)52-38-44(34-36-57(52)64)43-33-35-56-51(37-43)48-21-8-11-27-54(48)63(56)45-19-5-2-6-20-45/h1-38H/i29D,30D,31D,32D. The van der Waals surface area contributed by atoms with E-state index in [0.29, 0.717) is 28.1 Å². The van der Waals surface area contributed by atoms with Crippen LogP contribution in [0.1, 0.15) is 5.48 Å². The van der Waals surface area contributed by atoms with Crippen molar-refractivity contribution in [3.8, 4) is 56.3 Å². The molecule has 0 aliphatic carbocycles. The smallest absolute Gasteiger partial charge is 0.235 e. The first-order chi connectivity index (χ1) is 33.4. The Balaban J connectivity index is 0.985. The van der Waals surface area contributed by atoms with Gasteiger partial charge in [0.05, 0.1) is 38.8 Å². The number of para-hydroxylation sites is 4. The zero-order valence-corrected chi connectivity index (χ0v) is 34.4. The summed E-state index contributed by atoms with van der Waals surface area (Å²) in [6, 6.07) is 69.5. The maximum absolute atomic E-state index is 9.65. The maximum atomic E-state index is 9.65. The first kappa shape index (κ1) is 32.2. The largest absolute Gasteiger partial charge is 0.309 e. The minimum atomic E-state index is -0.166. The molecule has 0 spiro atoms. The van der Waals surface area contributed by atoms with Crippen molar-refractivity contribution in [1.82, 2.24) is 19.1 Å². The topological polar surface area (TPSA) is 35.6 Å². The summed E-state index contributed by atoms with van der Waals surface area (Å²) in [6.45, 7) is 0. The van der Waals surface area contributed by atoms with Crippen LogP contribution in [0.4, 0.5) is 0 Å². The molecule has 0 aliphatic heterocycles. The van der Waals surface area contributed by atoms with E-state index in [4.69, 9.17) is 9.97 Å². The first-order valence-corrected chi connectivity index (χ1v) is 21.5. The minimum absolute atomic E-state index is 0.124. The van der Waals surface area contributed by atoms with Crippen LogP contribution in [-0.4, -0.2) is 19.1 Å². The highest BCUT2D eigenvalue weighted by Gasteiger charge is 2.19. The van der Waals surface area contributed by atoms with Crippen LogP contribution in [0.15, 0.2) is 230 Å². The van der Waals surface area contributed by atoms with Gasteiger partial charge in [-0.1, -0.05) is 176 Å². The van der Waals surface area contributed by atoms with Gasteiger partial charge in [-0.3, -0.25) is 4.57 Å². The molecule has 10 aromatic carbocycles. The van der Waals surface area contributed by atoms with Crippen LogP contribution in [0.3, 0.4) is 0 Å². The molecule has 0 fully saturated rings. The second-order valence-electron chi connectivity index (χ2n) is 16.2. The van der Waals surface area contributed by atoms with Gasteiger partial charge in [0.2, 0.25) is 5.95 Å². The van der Waals surface area contributed by atoms with Gasteiger partial charge < -0.3 is 4.57 Å². The molecule has 13 rings (SSSR count). The third-order valence-electron chi connectivity index (χ3n) is 12.6. The monoisotopic (exact) mass is 818 g/mol. The molecule has 0 saturated carbocycles. The van der Waals surface area contributed by atoms with Gasteiger partial charge in [-0.25, -0.2) is 9.97 Å². The number of rotatable bonds is 6. The lowest BCUT2D eigenvalue weighted by Gasteiger charge is -2.14. The van der Waals surface area contributed by atoms with Gasteiger partial charge in [0.15, 0.2) is 0 Å². The van der Waals surface area contributed by atoms with Gasteiger partial charge in [-0.15, -0.1) is 0 Å². The van der Waals surface area contributed by atoms with Crippen molar-refractivity contribution in [2.45, 2.75) is 0 Å². The number of benzene rings is 10. The summed E-state index contributed by atoms with van der Waals surface area (Å²) in [7, 11) is 0. The van der Waals surface area contributed by atoms with Crippen LogP contribution >= 0.6 is 0 Å². The molecule has 3 heterocycles. The molecule has 0 radical (unpaired) electrons. The molecule has 0 aliphatic rings. The SMILES string of the molecule is [2H]c1c([2H])c(-c2cccc3cccc(-c4ccccc4)c23)c([2H])c([2H])c1-c1nc(-n2c3ccccc3c3cc(-c4ccc5c(c4)c4ccccc4n5-c4ccccc4)ccc32)nc2ccccc12. The molecule has 0 unspecified atom stereocenters. The van der Waals surface area contributed by atoms with Crippen molar-refractivity contribution in [2.24, 2.45) is 0 Å². The Kier molecular flexibility index (Phi) is 7.29. The lowest BCUT2D eigenvalue weighted by Crippen LogP contribution is -2.03. The number of hydrogen-bond acceptors (Lipinski definition) is 2. The summed E-state index contributed by atoms with van der Waals surface area (Å²) in [5, 5.41) is 6.88. The van der Waals surface area contributed by atoms with E-state index in [1.54, 1.807) is 0 Å². The first-order valence-electron chi connectivity index (χ1n) is 23.5. The van der Waals surface area contributed by atoms with Crippen LogP contribution in [0.5, 0.6) is 0 Å². The summed E-state index contributed by atoms with van der Waals surface area (Å²) in [5.41, 5.74) is 11.3. The molecular weight excluding hydrogens is 777 g/mol. The van der Waals surface area contributed by atoms with E-state index in [9.17, 15) is 5.48 Å². The quantitative estimate of drug-likeness (QED) is 0.168. The molecule has 4 nitrogen and oxygen atoms in total. The summed E-state index contributed by atoms with van der Waals surface area (Å²) in [6.07, 6.45) is 0. The maximum Gasteiger partial charge on any atom is 0.235 e. The average Bonchev–Trinajstić information content (AvgIpc) is 3.91. The zero-order chi connectivity index (χ0) is 45.6. The second kappa shape index (κ2) is 14.5. The normalized spacial score (nSPS) is 12.6. The number of hydrogen-bond donors (Lipinski definition) is 0. The van der Waals surface area contributed by atoms with Crippen molar-refractivity contribution in [3.05, 3.63) is 230 Å². The van der Waals surface area contributed by atoms with Crippen molar-refractivity contribution in [2.75, 3.05) is 0 Å². The van der Waals surface area contributed by atoms with Crippen molar-refractivity contribution >= 4 is 65.3 Å². The Bertz CT molecular complexity index is 4160. The minimum Gasteiger partial charge on any atom is -0.309 e. The summed E-state index contributed by atoms with van der Waals surface area (Å²) in [5.74, 6) is 0.371. The van der Waals surface area contributed by atoms with Gasteiger partial charge >= 0.3 is 0 Å². The molecule has 0 bridgehead atoms. The van der Waals surface area contributed by atoms with E-state index < -0.39 is 0 Å². The Hall–Kier alpha value is -8.60. The van der Waals surface area contributed by atoms with E-state index >= 15 is 0 Å². The highest BCUT2D eigenvalue weighted by Crippen LogP contribution is 2.40. The van der Waals surface area contributed by atoms with Gasteiger partial charge in [-0.05, 0) is 98.8 Å². The van der Waals surface area contributed by atoms with E-state index in [-0.39, 0.29) is 35.3 Å². The third-order valence-corrected chi connectivity index (χ3v) is 12.6. The van der Waals surface area contributed by atoms with Gasteiger partial charge in [0.25, 0.3) is 0 Å². The molecule has 4 heteroatoms. The van der Waals surface area contributed by atoms with E-state index in [2.05, 4.69) is 102 Å². The van der Waals surface area contributed by atoms with Crippen molar-refractivity contribution in [1.29, 1.82) is 0 Å². The highest BCUT2D eigenvalue weighted by molar-refractivity contribution is 6.13. The summed E-state index contributed by atoms with van der Waals surface area (Å²) >= 11 is 0. The molecule has 0 atom stereocenters.